The molecule has 0 aromatic heterocycles. The summed E-state index contributed by atoms with van der Waals surface area (Å²) < 4.78 is 10.7. The van der Waals surface area contributed by atoms with E-state index in [-0.39, 0.29) is 5.97 Å². The second-order valence-electron chi connectivity index (χ2n) is 3.57. The smallest absolute Gasteiger partial charge is 0.330 e. The minimum atomic E-state index is -1.46. The lowest BCUT2D eigenvalue weighted by atomic mass is 10.5. The van der Waals surface area contributed by atoms with Gasteiger partial charge in [0.25, 0.3) is 0 Å². The molecule has 0 atom stereocenters. The number of carbonyl (C=O) groups is 1. The zero-order valence-electron chi connectivity index (χ0n) is 10.0. The number of ether oxygens (including phenoxy) is 1. The third-order valence-electron chi connectivity index (χ3n) is 2.91. The molecule has 0 N–H and O–H groups in total. The molecular formula is C10H22O3Si2. The molecule has 0 spiro atoms. The van der Waals surface area contributed by atoms with Gasteiger partial charge in [-0.15, -0.1) is 0 Å². The molecular weight excluding hydrogens is 224 g/mol. The quantitative estimate of drug-likeness (QED) is 0.281. The van der Waals surface area contributed by atoms with Crippen LogP contribution in [-0.4, -0.2) is 31.4 Å². The highest BCUT2D eigenvalue weighted by Gasteiger charge is 2.28. The van der Waals surface area contributed by atoms with Crippen molar-refractivity contribution in [1.29, 1.82) is 0 Å². The molecule has 0 aromatic carbocycles. The minimum Gasteiger partial charge on any atom is -0.463 e. The zero-order chi connectivity index (χ0) is 11.7. The van der Waals surface area contributed by atoms with Crippen LogP contribution < -0.4 is 0 Å². The molecule has 0 aliphatic rings. The largest absolute Gasteiger partial charge is 0.463 e. The average molecular weight is 246 g/mol. The van der Waals surface area contributed by atoms with E-state index in [0.29, 0.717) is 6.61 Å². The van der Waals surface area contributed by atoms with Gasteiger partial charge in [-0.2, -0.15) is 0 Å². The van der Waals surface area contributed by atoms with E-state index in [9.17, 15) is 4.79 Å². The van der Waals surface area contributed by atoms with Gasteiger partial charge in [-0.3, -0.25) is 0 Å². The molecule has 5 heteroatoms. The van der Waals surface area contributed by atoms with Gasteiger partial charge in [0, 0.05) is 6.08 Å². The predicted octanol–water partition coefficient (Wildman–Crippen LogP) is 1.39. The van der Waals surface area contributed by atoms with Crippen molar-refractivity contribution in [1.82, 2.24) is 0 Å². The Morgan fingerprint density at radius 3 is 2.47 bits per heavy atom. The molecule has 0 aromatic rings. The van der Waals surface area contributed by atoms with E-state index in [1.807, 2.05) is 0 Å². The van der Waals surface area contributed by atoms with Crippen LogP contribution in [0, 0.1) is 0 Å². The van der Waals surface area contributed by atoms with Crippen LogP contribution in [0.5, 0.6) is 0 Å². The van der Waals surface area contributed by atoms with Gasteiger partial charge in [0.05, 0.1) is 6.61 Å². The SMILES string of the molecule is C=CC(=O)OCCC[Si](CC)(CC)O[SiH3]. The summed E-state index contributed by atoms with van der Waals surface area (Å²) in [5.41, 5.74) is 0. The van der Waals surface area contributed by atoms with Crippen LogP contribution >= 0.6 is 0 Å². The van der Waals surface area contributed by atoms with E-state index in [1.54, 1.807) is 0 Å². The van der Waals surface area contributed by atoms with Gasteiger partial charge < -0.3 is 8.85 Å². The summed E-state index contributed by atoms with van der Waals surface area (Å²) in [4.78, 5) is 10.8. The lowest BCUT2D eigenvalue weighted by molar-refractivity contribution is -0.137. The Balaban J connectivity index is 3.81. The summed E-state index contributed by atoms with van der Waals surface area (Å²) in [5.74, 6) is -0.331. The Kier molecular flexibility index (Phi) is 7.63. The van der Waals surface area contributed by atoms with Gasteiger partial charge in [-0.25, -0.2) is 4.79 Å². The van der Waals surface area contributed by atoms with Crippen LogP contribution in [0.2, 0.25) is 18.1 Å². The van der Waals surface area contributed by atoms with Crippen LogP contribution in [0.15, 0.2) is 12.7 Å². The lowest BCUT2D eigenvalue weighted by Gasteiger charge is -2.27. The number of rotatable bonds is 8. The maximum absolute atomic E-state index is 10.8. The van der Waals surface area contributed by atoms with Crippen LogP contribution in [-0.2, 0) is 13.6 Å². The van der Waals surface area contributed by atoms with Gasteiger partial charge in [0.15, 0.2) is 8.32 Å². The topological polar surface area (TPSA) is 35.5 Å². The normalized spacial score (nSPS) is 11.3. The third kappa shape index (κ3) is 5.29. The van der Waals surface area contributed by atoms with Gasteiger partial charge in [0.1, 0.15) is 10.5 Å². The maximum atomic E-state index is 10.8. The number of hydrogen-bond acceptors (Lipinski definition) is 3. The highest BCUT2D eigenvalue weighted by molar-refractivity contribution is 6.76. The lowest BCUT2D eigenvalue weighted by Crippen LogP contribution is -2.36. The summed E-state index contributed by atoms with van der Waals surface area (Å²) >= 11 is 0. The van der Waals surface area contributed by atoms with Crippen molar-refractivity contribution in [2.75, 3.05) is 6.61 Å². The molecule has 0 aliphatic heterocycles. The van der Waals surface area contributed by atoms with Crippen LogP contribution in [0.3, 0.4) is 0 Å². The average Bonchev–Trinajstić information content (AvgIpc) is 2.30. The Morgan fingerprint density at radius 2 is 2.07 bits per heavy atom. The van der Waals surface area contributed by atoms with Crippen molar-refractivity contribution in [3.8, 4) is 0 Å². The zero-order valence-corrected chi connectivity index (χ0v) is 13.0. The molecule has 0 radical (unpaired) electrons. The molecule has 0 unspecified atom stereocenters. The van der Waals surface area contributed by atoms with Crippen molar-refractivity contribution >= 4 is 24.8 Å². The Bertz CT molecular complexity index is 195. The highest BCUT2D eigenvalue weighted by atomic mass is 28.4. The molecule has 0 amide bonds. The van der Waals surface area contributed by atoms with Crippen LogP contribution in [0.1, 0.15) is 20.3 Å². The molecule has 0 saturated heterocycles. The molecule has 15 heavy (non-hydrogen) atoms. The first-order chi connectivity index (χ1) is 7.14. The Hall–Kier alpha value is -0.396. The molecule has 0 saturated carbocycles. The fourth-order valence-corrected chi connectivity index (χ4v) is 6.74. The standard InChI is InChI=1S/C10H22O3Si2/c1-4-10(11)12-8-7-9-15(5-2,6-3)13-14/h4H,1,5-9H2,2-3,14H3. The minimum absolute atomic E-state index is 0.331. The third-order valence-corrected chi connectivity index (χ3v) is 10.2. The summed E-state index contributed by atoms with van der Waals surface area (Å²) in [6.07, 6.45) is 2.11. The molecule has 88 valence electrons. The summed E-state index contributed by atoms with van der Waals surface area (Å²) in [6, 6.07) is 3.40. The van der Waals surface area contributed by atoms with Crippen molar-refractivity contribution in [2.45, 2.75) is 38.4 Å². The van der Waals surface area contributed by atoms with Crippen LogP contribution in [0.25, 0.3) is 0 Å². The summed E-state index contributed by atoms with van der Waals surface area (Å²) in [6.45, 7) is 8.24. The fourth-order valence-electron chi connectivity index (χ4n) is 1.62. The molecule has 0 rings (SSSR count). The van der Waals surface area contributed by atoms with Gasteiger partial charge in [-0.1, -0.05) is 20.4 Å². The van der Waals surface area contributed by atoms with E-state index >= 15 is 0 Å². The molecule has 0 bridgehead atoms. The van der Waals surface area contributed by atoms with E-state index < -0.39 is 8.32 Å². The second kappa shape index (κ2) is 7.84. The summed E-state index contributed by atoms with van der Waals surface area (Å²) in [5, 5.41) is 0. The fraction of sp³-hybridized carbons (Fsp3) is 0.700. The summed E-state index contributed by atoms with van der Waals surface area (Å²) in [7, 11) is -0.636. The number of esters is 1. The van der Waals surface area contributed by atoms with E-state index in [4.69, 9.17) is 8.85 Å². The molecule has 0 fully saturated rings. The first-order valence-electron chi connectivity index (χ1n) is 5.48. The van der Waals surface area contributed by atoms with Crippen molar-refractivity contribution in [3.05, 3.63) is 12.7 Å². The van der Waals surface area contributed by atoms with Gasteiger partial charge in [-0.05, 0) is 24.6 Å². The molecule has 0 aliphatic carbocycles. The second-order valence-corrected chi connectivity index (χ2v) is 9.48. The maximum Gasteiger partial charge on any atom is 0.330 e. The van der Waals surface area contributed by atoms with Crippen molar-refractivity contribution in [3.63, 3.8) is 0 Å². The van der Waals surface area contributed by atoms with Gasteiger partial charge in [0.2, 0.25) is 0 Å². The van der Waals surface area contributed by atoms with Gasteiger partial charge >= 0.3 is 5.97 Å². The van der Waals surface area contributed by atoms with Crippen LogP contribution in [0.4, 0.5) is 0 Å². The monoisotopic (exact) mass is 246 g/mol. The van der Waals surface area contributed by atoms with E-state index in [0.717, 1.165) is 35.0 Å². The van der Waals surface area contributed by atoms with E-state index in [1.165, 1.54) is 6.08 Å². The van der Waals surface area contributed by atoms with Crippen molar-refractivity contribution < 1.29 is 13.6 Å². The predicted molar refractivity (Wildman–Crippen MR) is 68.3 cm³/mol. The van der Waals surface area contributed by atoms with E-state index in [2.05, 4.69) is 20.4 Å². The highest BCUT2D eigenvalue weighted by Crippen LogP contribution is 2.22. The number of carbonyl (C=O) groups excluding carboxylic acids is 1. The first kappa shape index (κ1) is 14.6. The Labute approximate surface area is 96.5 Å². The molecule has 0 heterocycles. The first-order valence-corrected chi connectivity index (χ1v) is 8.83. The number of hydrogen-bond donors (Lipinski definition) is 0. The van der Waals surface area contributed by atoms with Crippen molar-refractivity contribution in [2.24, 2.45) is 0 Å². The Morgan fingerprint density at radius 1 is 1.47 bits per heavy atom. The molecule has 3 nitrogen and oxygen atoms in total.